The SMILES string of the molecule is CC(C)C(N)Cc1csc(CCN(C)C)n1. The molecule has 0 aliphatic carbocycles. The summed E-state index contributed by atoms with van der Waals surface area (Å²) in [6.07, 6.45) is 1.94. The highest BCUT2D eigenvalue weighted by Crippen LogP contribution is 2.14. The minimum atomic E-state index is 0.226. The quantitative estimate of drug-likeness (QED) is 0.825. The Bertz CT molecular complexity index is 307. The van der Waals surface area contributed by atoms with Crippen LogP contribution in [0.25, 0.3) is 0 Å². The average molecular weight is 241 g/mol. The van der Waals surface area contributed by atoms with Crippen LogP contribution in [-0.4, -0.2) is 36.6 Å². The summed E-state index contributed by atoms with van der Waals surface area (Å²) in [6, 6.07) is 0.226. The van der Waals surface area contributed by atoms with Gasteiger partial charge in [0.05, 0.1) is 10.7 Å². The molecule has 1 aromatic heterocycles. The Labute approximate surface area is 103 Å². The van der Waals surface area contributed by atoms with E-state index in [1.807, 2.05) is 0 Å². The summed E-state index contributed by atoms with van der Waals surface area (Å²) in [4.78, 5) is 6.80. The van der Waals surface area contributed by atoms with E-state index in [0.717, 1.165) is 25.1 Å². The molecule has 0 aliphatic rings. The van der Waals surface area contributed by atoms with Crippen LogP contribution < -0.4 is 5.73 Å². The van der Waals surface area contributed by atoms with Crippen molar-refractivity contribution >= 4 is 11.3 Å². The van der Waals surface area contributed by atoms with Crippen LogP contribution in [0.15, 0.2) is 5.38 Å². The van der Waals surface area contributed by atoms with Crippen molar-refractivity contribution in [2.75, 3.05) is 20.6 Å². The second kappa shape index (κ2) is 6.33. The third kappa shape index (κ3) is 4.60. The van der Waals surface area contributed by atoms with Crippen LogP contribution in [0.4, 0.5) is 0 Å². The van der Waals surface area contributed by atoms with Gasteiger partial charge in [-0.25, -0.2) is 4.98 Å². The molecule has 0 spiro atoms. The maximum Gasteiger partial charge on any atom is 0.0941 e. The smallest absolute Gasteiger partial charge is 0.0941 e. The molecule has 0 aromatic carbocycles. The number of hydrogen-bond acceptors (Lipinski definition) is 4. The van der Waals surface area contributed by atoms with Crippen LogP contribution in [0.3, 0.4) is 0 Å². The van der Waals surface area contributed by atoms with Gasteiger partial charge >= 0.3 is 0 Å². The van der Waals surface area contributed by atoms with Gasteiger partial charge in [-0.2, -0.15) is 0 Å². The molecular formula is C12H23N3S. The minimum absolute atomic E-state index is 0.226. The molecule has 0 radical (unpaired) electrons. The monoisotopic (exact) mass is 241 g/mol. The zero-order chi connectivity index (χ0) is 12.1. The molecular weight excluding hydrogens is 218 g/mol. The lowest BCUT2D eigenvalue weighted by Gasteiger charge is -2.13. The summed E-state index contributed by atoms with van der Waals surface area (Å²) in [6.45, 7) is 5.37. The van der Waals surface area contributed by atoms with Gasteiger partial charge in [-0.05, 0) is 20.0 Å². The van der Waals surface area contributed by atoms with E-state index in [1.165, 1.54) is 5.01 Å². The first-order chi connectivity index (χ1) is 7.49. The van der Waals surface area contributed by atoms with Crippen molar-refractivity contribution in [3.63, 3.8) is 0 Å². The number of nitrogens with two attached hydrogens (primary N) is 1. The molecule has 1 rings (SSSR count). The maximum absolute atomic E-state index is 6.04. The zero-order valence-corrected chi connectivity index (χ0v) is 11.5. The van der Waals surface area contributed by atoms with E-state index in [2.05, 4.69) is 43.2 Å². The lowest BCUT2D eigenvalue weighted by molar-refractivity contribution is 0.413. The summed E-state index contributed by atoms with van der Waals surface area (Å²) in [7, 11) is 4.17. The number of likely N-dealkylation sites (N-methyl/N-ethyl adjacent to an activating group) is 1. The van der Waals surface area contributed by atoms with E-state index >= 15 is 0 Å². The Hall–Kier alpha value is -0.450. The van der Waals surface area contributed by atoms with Gasteiger partial charge in [0, 0.05) is 30.8 Å². The van der Waals surface area contributed by atoms with Gasteiger partial charge in [0.1, 0.15) is 0 Å². The molecule has 92 valence electrons. The summed E-state index contributed by atoms with van der Waals surface area (Å²) in [5, 5.41) is 3.37. The number of nitrogens with zero attached hydrogens (tertiary/aromatic N) is 2. The van der Waals surface area contributed by atoms with Crippen molar-refractivity contribution in [3.8, 4) is 0 Å². The van der Waals surface area contributed by atoms with Crippen molar-refractivity contribution in [2.24, 2.45) is 11.7 Å². The lowest BCUT2D eigenvalue weighted by atomic mass is 10.0. The third-order valence-electron chi connectivity index (χ3n) is 2.67. The largest absolute Gasteiger partial charge is 0.327 e. The van der Waals surface area contributed by atoms with Gasteiger partial charge in [0.2, 0.25) is 0 Å². The van der Waals surface area contributed by atoms with Crippen molar-refractivity contribution in [1.29, 1.82) is 0 Å². The first kappa shape index (κ1) is 13.6. The van der Waals surface area contributed by atoms with Crippen molar-refractivity contribution < 1.29 is 0 Å². The Kier molecular flexibility index (Phi) is 5.38. The Morgan fingerprint density at radius 3 is 2.69 bits per heavy atom. The van der Waals surface area contributed by atoms with E-state index in [0.29, 0.717) is 5.92 Å². The predicted octanol–water partition coefficient (Wildman–Crippen LogP) is 1.77. The first-order valence-corrected chi connectivity index (χ1v) is 6.70. The molecule has 1 atom stereocenters. The van der Waals surface area contributed by atoms with Gasteiger partial charge in [0.15, 0.2) is 0 Å². The molecule has 0 saturated heterocycles. The molecule has 0 bridgehead atoms. The van der Waals surface area contributed by atoms with Crippen LogP contribution in [0.2, 0.25) is 0 Å². The standard InChI is InChI=1S/C12H23N3S/c1-9(2)11(13)7-10-8-16-12(14-10)5-6-15(3)4/h8-9,11H,5-7,13H2,1-4H3. The van der Waals surface area contributed by atoms with Gasteiger partial charge < -0.3 is 10.6 Å². The molecule has 16 heavy (non-hydrogen) atoms. The van der Waals surface area contributed by atoms with Gasteiger partial charge in [-0.1, -0.05) is 13.8 Å². The average Bonchev–Trinajstić information content (AvgIpc) is 2.62. The minimum Gasteiger partial charge on any atom is -0.327 e. The lowest BCUT2D eigenvalue weighted by Crippen LogP contribution is -2.28. The van der Waals surface area contributed by atoms with E-state index in [-0.39, 0.29) is 6.04 Å². The topological polar surface area (TPSA) is 42.1 Å². The number of rotatable bonds is 6. The molecule has 0 amide bonds. The Morgan fingerprint density at radius 1 is 1.44 bits per heavy atom. The van der Waals surface area contributed by atoms with Crippen LogP contribution in [0, 0.1) is 5.92 Å². The highest BCUT2D eigenvalue weighted by molar-refractivity contribution is 7.09. The molecule has 4 heteroatoms. The number of thiazole rings is 1. The van der Waals surface area contributed by atoms with E-state index < -0.39 is 0 Å². The van der Waals surface area contributed by atoms with E-state index in [1.54, 1.807) is 11.3 Å². The number of hydrogen-bond donors (Lipinski definition) is 1. The molecule has 1 aromatic rings. The van der Waals surface area contributed by atoms with Crippen LogP contribution >= 0.6 is 11.3 Å². The fraction of sp³-hybridized carbons (Fsp3) is 0.750. The zero-order valence-electron chi connectivity index (χ0n) is 10.7. The highest BCUT2D eigenvalue weighted by Gasteiger charge is 2.11. The fourth-order valence-corrected chi connectivity index (χ4v) is 2.15. The Morgan fingerprint density at radius 2 is 2.12 bits per heavy atom. The fourth-order valence-electron chi connectivity index (χ4n) is 1.35. The van der Waals surface area contributed by atoms with Gasteiger partial charge in [-0.3, -0.25) is 0 Å². The highest BCUT2D eigenvalue weighted by atomic mass is 32.1. The van der Waals surface area contributed by atoms with Crippen molar-refractivity contribution in [1.82, 2.24) is 9.88 Å². The second-order valence-corrected chi connectivity index (χ2v) is 5.84. The normalized spacial score (nSPS) is 13.7. The van der Waals surface area contributed by atoms with Crippen LogP contribution in [0.5, 0.6) is 0 Å². The summed E-state index contributed by atoms with van der Waals surface area (Å²) in [5.74, 6) is 0.520. The van der Waals surface area contributed by atoms with Gasteiger partial charge in [-0.15, -0.1) is 11.3 Å². The van der Waals surface area contributed by atoms with Crippen molar-refractivity contribution in [2.45, 2.75) is 32.7 Å². The van der Waals surface area contributed by atoms with Crippen molar-refractivity contribution in [3.05, 3.63) is 16.1 Å². The summed E-state index contributed by atoms with van der Waals surface area (Å²) < 4.78 is 0. The molecule has 0 fully saturated rings. The van der Waals surface area contributed by atoms with Crippen LogP contribution in [-0.2, 0) is 12.8 Å². The van der Waals surface area contributed by atoms with Crippen LogP contribution in [0.1, 0.15) is 24.5 Å². The Balaban J connectivity index is 2.45. The summed E-state index contributed by atoms with van der Waals surface area (Å²) >= 11 is 1.75. The summed E-state index contributed by atoms with van der Waals surface area (Å²) in [5.41, 5.74) is 7.19. The number of aromatic nitrogens is 1. The molecule has 3 nitrogen and oxygen atoms in total. The molecule has 1 unspecified atom stereocenters. The van der Waals surface area contributed by atoms with Gasteiger partial charge in [0.25, 0.3) is 0 Å². The molecule has 0 saturated carbocycles. The second-order valence-electron chi connectivity index (χ2n) is 4.90. The maximum atomic E-state index is 6.04. The molecule has 1 heterocycles. The third-order valence-corrected chi connectivity index (χ3v) is 3.63. The van der Waals surface area contributed by atoms with E-state index in [4.69, 9.17) is 5.73 Å². The molecule has 2 N–H and O–H groups in total. The predicted molar refractivity (Wildman–Crippen MR) is 70.9 cm³/mol. The first-order valence-electron chi connectivity index (χ1n) is 5.82. The molecule has 0 aliphatic heterocycles. The van der Waals surface area contributed by atoms with E-state index in [9.17, 15) is 0 Å².